The maximum absolute atomic E-state index is 10.0. The summed E-state index contributed by atoms with van der Waals surface area (Å²) in [5.41, 5.74) is -0.167. The van der Waals surface area contributed by atoms with Gasteiger partial charge in [-0.1, -0.05) is 49.1 Å². The fourth-order valence-corrected chi connectivity index (χ4v) is 1.19. The molecule has 1 aromatic rings. The number of unbranched alkanes of at least 4 members (excludes halogenated alkanes) is 1. The Hall–Kier alpha value is -1.26. The summed E-state index contributed by atoms with van der Waals surface area (Å²) in [7, 11) is 0. The Labute approximate surface area is 85.8 Å². The van der Waals surface area contributed by atoms with E-state index in [9.17, 15) is 5.11 Å². The number of rotatable bonds is 2. The van der Waals surface area contributed by atoms with Crippen molar-refractivity contribution in [2.24, 2.45) is 0 Å². The summed E-state index contributed by atoms with van der Waals surface area (Å²) in [4.78, 5) is 0. The lowest BCUT2D eigenvalue weighted by molar-refractivity contribution is 0.122. The molecule has 0 aromatic heterocycles. The highest BCUT2D eigenvalue weighted by molar-refractivity contribution is 5.30. The van der Waals surface area contributed by atoms with Crippen molar-refractivity contribution in [2.75, 3.05) is 0 Å². The molecule has 0 saturated heterocycles. The number of aliphatic hydroxyl groups is 1. The number of hydrogen-bond acceptors (Lipinski definition) is 1. The van der Waals surface area contributed by atoms with Crippen molar-refractivity contribution in [3.8, 4) is 11.8 Å². The van der Waals surface area contributed by atoms with Crippen molar-refractivity contribution in [3.05, 3.63) is 35.9 Å². The smallest absolute Gasteiger partial charge is 0.148 e. The van der Waals surface area contributed by atoms with E-state index in [2.05, 4.69) is 18.8 Å². The van der Waals surface area contributed by atoms with Crippen molar-refractivity contribution in [1.82, 2.24) is 0 Å². The molecule has 0 fully saturated rings. The van der Waals surface area contributed by atoms with E-state index in [1.54, 1.807) is 6.92 Å². The monoisotopic (exact) mass is 188 g/mol. The van der Waals surface area contributed by atoms with E-state index < -0.39 is 5.60 Å². The van der Waals surface area contributed by atoms with Crippen LogP contribution in [0.25, 0.3) is 0 Å². The zero-order valence-electron chi connectivity index (χ0n) is 8.75. The lowest BCUT2D eigenvalue weighted by atomic mass is 9.97. The first kappa shape index (κ1) is 10.8. The molecule has 14 heavy (non-hydrogen) atoms. The molecule has 0 radical (unpaired) electrons. The predicted octanol–water partition coefficient (Wildman–Crippen LogP) is 2.70. The van der Waals surface area contributed by atoms with E-state index in [1.165, 1.54) is 0 Å². The van der Waals surface area contributed by atoms with Crippen LogP contribution < -0.4 is 0 Å². The molecule has 0 bridgehead atoms. The summed E-state index contributed by atoms with van der Waals surface area (Å²) in [6, 6.07) is 9.52. The summed E-state index contributed by atoms with van der Waals surface area (Å²) >= 11 is 0. The van der Waals surface area contributed by atoms with E-state index >= 15 is 0 Å². The molecule has 1 N–H and O–H groups in total. The van der Waals surface area contributed by atoms with Gasteiger partial charge in [-0.3, -0.25) is 0 Å². The Bertz CT molecular complexity index is 327. The van der Waals surface area contributed by atoms with E-state index in [0.29, 0.717) is 0 Å². The summed E-state index contributed by atoms with van der Waals surface area (Å²) in [5.74, 6) is 5.86. The first-order valence-electron chi connectivity index (χ1n) is 4.94. The molecule has 1 rings (SSSR count). The van der Waals surface area contributed by atoms with Gasteiger partial charge in [-0.2, -0.15) is 0 Å². The Morgan fingerprint density at radius 3 is 2.50 bits per heavy atom. The summed E-state index contributed by atoms with van der Waals surface area (Å²) in [6.07, 6.45) is 1.86. The number of hydrogen-bond donors (Lipinski definition) is 1. The zero-order valence-corrected chi connectivity index (χ0v) is 8.75. The van der Waals surface area contributed by atoms with Gasteiger partial charge in [0.15, 0.2) is 0 Å². The zero-order chi connectivity index (χ0) is 10.4. The molecule has 1 aromatic carbocycles. The standard InChI is InChI=1S/C13H16O/c1-3-4-8-11-13(2,14)12-9-6-5-7-10-12/h5-7,9-10,14H,3-4H2,1-2H3/t13-/m1/s1. The molecule has 0 spiro atoms. The Kier molecular flexibility index (Phi) is 3.73. The van der Waals surface area contributed by atoms with Gasteiger partial charge in [0.05, 0.1) is 0 Å². The largest absolute Gasteiger partial charge is 0.374 e. The van der Waals surface area contributed by atoms with Crippen LogP contribution in [0.1, 0.15) is 32.3 Å². The highest BCUT2D eigenvalue weighted by Gasteiger charge is 2.18. The fraction of sp³-hybridized carbons (Fsp3) is 0.385. The first-order chi connectivity index (χ1) is 6.67. The quantitative estimate of drug-likeness (QED) is 0.707. The highest BCUT2D eigenvalue weighted by Crippen LogP contribution is 2.18. The molecule has 0 aliphatic rings. The lowest BCUT2D eigenvalue weighted by Gasteiger charge is -2.16. The van der Waals surface area contributed by atoms with E-state index in [4.69, 9.17) is 0 Å². The molecular formula is C13H16O. The second-order valence-electron chi connectivity index (χ2n) is 3.49. The van der Waals surface area contributed by atoms with Gasteiger partial charge in [-0.15, -0.1) is 0 Å². The second kappa shape index (κ2) is 4.83. The third-order valence-electron chi connectivity index (χ3n) is 2.04. The summed E-state index contributed by atoms with van der Waals surface area (Å²) in [6.45, 7) is 3.80. The molecule has 1 atom stereocenters. The van der Waals surface area contributed by atoms with Gasteiger partial charge in [-0.05, 0) is 18.9 Å². The third-order valence-corrected chi connectivity index (χ3v) is 2.04. The normalized spacial score (nSPS) is 13.9. The van der Waals surface area contributed by atoms with Crippen molar-refractivity contribution < 1.29 is 5.11 Å². The molecule has 0 heterocycles. The minimum atomic E-state index is -1.02. The van der Waals surface area contributed by atoms with Gasteiger partial charge in [0, 0.05) is 6.42 Å². The van der Waals surface area contributed by atoms with Crippen molar-refractivity contribution in [3.63, 3.8) is 0 Å². The van der Waals surface area contributed by atoms with E-state index in [0.717, 1.165) is 18.4 Å². The molecule has 0 aliphatic carbocycles. The molecule has 0 aliphatic heterocycles. The van der Waals surface area contributed by atoms with Crippen LogP contribution in [-0.2, 0) is 5.60 Å². The van der Waals surface area contributed by atoms with Crippen LogP contribution in [0.2, 0.25) is 0 Å². The Morgan fingerprint density at radius 2 is 1.93 bits per heavy atom. The van der Waals surface area contributed by atoms with Crippen molar-refractivity contribution in [2.45, 2.75) is 32.3 Å². The average Bonchev–Trinajstić information content (AvgIpc) is 2.19. The van der Waals surface area contributed by atoms with Crippen LogP contribution in [-0.4, -0.2) is 5.11 Å². The minimum absolute atomic E-state index is 0.836. The molecular weight excluding hydrogens is 172 g/mol. The third kappa shape index (κ3) is 2.90. The van der Waals surface area contributed by atoms with E-state index in [-0.39, 0.29) is 0 Å². The van der Waals surface area contributed by atoms with Gasteiger partial charge in [-0.25, -0.2) is 0 Å². The molecule has 1 nitrogen and oxygen atoms in total. The van der Waals surface area contributed by atoms with Crippen LogP contribution >= 0.6 is 0 Å². The first-order valence-corrected chi connectivity index (χ1v) is 4.94. The van der Waals surface area contributed by atoms with Crippen LogP contribution in [0, 0.1) is 11.8 Å². The highest BCUT2D eigenvalue weighted by atomic mass is 16.3. The molecule has 0 unspecified atom stereocenters. The minimum Gasteiger partial charge on any atom is -0.374 e. The maximum Gasteiger partial charge on any atom is 0.148 e. The van der Waals surface area contributed by atoms with Crippen LogP contribution in [0.4, 0.5) is 0 Å². The maximum atomic E-state index is 10.0. The average molecular weight is 188 g/mol. The van der Waals surface area contributed by atoms with Gasteiger partial charge in [0.2, 0.25) is 0 Å². The predicted molar refractivity (Wildman–Crippen MR) is 58.7 cm³/mol. The molecule has 0 amide bonds. The van der Waals surface area contributed by atoms with Crippen LogP contribution in [0.15, 0.2) is 30.3 Å². The molecule has 1 heteroatoms. The lowest BCUT2D eigenvalue weighted by Crippen LogP contribution is -2.18. The summed E-state index contributed by atoms with van der Waals surface area (Å²) < 4.78 is 0. The Balaban J connectivity index is 2.82. The summed E-state index contributed by atoms with van der Waals surface area (Å²) in [5, 5.41) is 10.0. The Morgan fingerprint density at radius 1 is 1.29 bits per heavy atom. The van der Waals surface area contributed by atoms with Crippen molar-refractivity contribution in [1.29, 1.82) is 0 Å². The van der Waals surface area contributed by atoms with Gasteiger partial charge in [0.1, 0.15) is 5.60 Å². The SMILES string of the molecule is CCCC#C[C@@](C)(O)c1ccccc1. The molecule has 0 saturated carbocycles. The van der Waals surface area contributed by atoms with Gasteiger partial charge < -0.3 is 5.11 Å². The van der Waals surface area contributed by atoms with Crippen LogP contribution in [0.3, 0.4) is 0 Å². The van der Waals surface area contributed by atoms with Crippen molar-refractivity contribution >= 4 is 0 Å². The topological polar surface area (TPSA) is 20.2 Å². The fourth-order valence-electron chi connectivity index (χ4n) is 1.19. The molecule has 74 valence electrons. The second-order valence-corrected chi connectivity index (χ2v) is 3.49. The van der Waals surface area contributed by atoms with Gasteiger partial charge in [0.25, 0.3) is 0 Å². The van der Waals surface area contributed by atoms with E-state index in [1.807, 2.05) is 30.3 Å². The van der Waals surface area contributed by atoms with Crippen LogP contribution in [0.5, 0.6) is 0 Å². The number of benzene rings is 1. The van der Waals surface area contributed by atoms with Gasteiger partial charge >= 0.3 is 0 Å².